The molecule has 0 aliphatic carbocycles. The number of hydrogen-bond acceptors (Lipinski definition) is 5. The van der Waals surface area contributed by atoms with E-state index >= 15 is 0 Å². The van der Waals surface area contributed by atoms with Gasteiger partial charge in [-0.1, -0.05) is 18.2 Å². The Hall–Kier alpha value is -3.03. The number of nitrogens with zero attached hydrogens (tertiary/aromatic N) is 2. The summed E-state index contributed by atoms with van der Waals surface area (Å²) in [6.07, 6.45) is 1.16. The van der Waals surface area contributed by atoms with Gasteiger partial charge in [0.15, 0.2) is 5.82 Å². The van der Waals surface area contributed by atoms with Gasteiger partial charge in [0.2, 0.25) is 5.91 Å². The molecular formula is C21H28N4O4. The number of methoxy groups -OCH3 is 1. The highest BCUT2D eigenvalue weighted by Gasteiger charge is 2.28. The molecule has 0 unspecified atom stereocenters. The van der Waals surface area contributed by atoms with Crippen molar-refractivity contribution in [3.8, 4) is 5.75 Å². The Labute approximate surface area is 170 Å². The SMILES string of the molecule is COc1ccccc1CCC(=O)Nc1n[nH]c2c1CCN(C(=O)OC(C)(C)C)C2. The molecule has 2 aromatic rings. The van der Waals surface area contributed by atoms with Crippen molar-refractivity contribution in [3.05, 3.63) is 41.1 Å². The summed E-state index contributed by atoms with van der Waals surface area (Å²) in [6, 6.07) is 7.66. The molecule has 8 heteroatoms. The third kappa shape index (κ3) is 5.28. The van der Waals surface area contributed by atoms with E-state index in [4.69, 9.17) is 9.47 Å². The van der Waals surface area contributed by atoms with Gasteiger partial charge >= 0.3 is 6.09 Å². The number of carbonyl (C=O) groups is 2. The monoisotopic (exact) mass is 400 g/mol. The van der Waals surface area contributed by atoms with E-state index in [0.29, 0.717) is 38.2 Å². The van der Waals surface area contributed by atoms with Gasteiger partial charge in [0, 0.05) is 18.5 Å². The number of anilines is 1. The van der Waals surface area contributed by atoms with Gasteiger partial charge in [-0.2, -0.15) is 5.10 Å². The van der Waals surface area contributed by atoms with Gasteiger partial charge in [0.1, 0.15) is 11.4 Å². The van der Waals surface area contributed by atoms with E-state index in [1.54, 1.807) is 12.0 Å². The maximum absolute atomic E-state index is 12.4. The van der Waals surface area contributed by atoms with Crippen molar-refractivity contribution in [3.63, 3.8) is 0 Å². The number of hydrogen-bond donors (Lipinski definition) is 2. The number of H-pyrrole nitrogens is 1. The number of aryl methyl sites for hydroxylation is 1. The van der Waals surface area contributed by atoms with E-state index in [0.717, 1.165) is 22.6 Å². The normalized spacial score (nSPS) is 13.6. The fourth-order valence-electron chi connectivity index (χ4n) is 3.26. The number of aromatic nitrogens is 2. The van der Waals surface area contributed by atoms with Gasteiger partial charge in [-0.3, -0.25) is 9.89 Å². The molecule has 1 aromatic carbocycles. The summed E-state index contributed by atoms with van der Waals surface area (Å²) in [4.78, 5) is 26.3. The van der Waals surface area contributed by atoms with Crippen molar-refractivity contribution in [1.82, 2.24) is 15.1 Å². The molecule has 156 valence electrons. The molecular weight excluding hydrogens is 372 g/mol. The Balaban J connectivity index is 1.57. The van der Waals surface area contributed by atoms with E-state index in [1.165, 1.54) is 0 Å². The molecule has 1 aliphatic rings. The molecule has 0 spiro atoms. The lowest BCUT2D eigenvalue weighted by atomic mass is 10.1. The van der Waals surface area contributed by atoms with Crippen molar-refractivity contribution in [2.75, 3.05) is 19.0 Å². The van der Waals surface area contributed by atoms with Gasteiger partial charge in [-0.15, -0.1) is 0 Å². The predicted octanol–water partition coefficient (Wildman–Crippen LogP) is 3.28. The molecule has 1 aliphatic heterocycles. The third-order valence-corrected chi connectivity index (χ3v) is 4.66. The Morgan fingerprint density at radius 2 is 2.03 bits per heavy atom. The van der Waals surface area contributed by atoms with Gasteiger partial charge in [-0.05, 0) is 45.2 Å². The van der Waals surface area contributed by atoms with Crippen molar-refractivity contribution in [1.29, 1.82) is 0 Å². The maximum Gasteiger partial charge on any atom is 0.410 e. The number of aromatic amines is 1. The number of para-hydroxylation sites is 1. The average molecular weight is 400 g/mol. The molecule has 29 heavy (non-hydrogen) atoms. The fraction of sp³-hybridized carbons (Fsp3) is 0.476. The molecule has 0 saturated carbocycles. The first-order valence-corrected chi connectivity index (χ1v) is 9.72. The largest absolute Gasteiger partial charge is 0.496 e. The van der Waals surface area contributed by atoms with Crippen LogP contribution in [0, 0.1) is 0 Å². The lowest BCUT2D eigenvalue weighted by Crippen LogP contribution is -2.39. The van der Waals surface area contributed by atoms with E-state index in [1.807, 2.05) is 45.0 Å². The van der Waals surface area contributed by atoms with Crippen LogP contribution in [0.3, 0.4) is 0 Å². The molecule has 2 amide bonds. The third-order valence-electron chi connectivity index (χ3n) is 4.66. The van der Waals surface area contributed by atoms with E-state index in [-0.39, 0.29) is 12.0 Å². The quantitative estimate of drug-likeness (QED) is 0.803. The zero-order chi connectivity index (χ0) is 21.0. The molecule has 0 saturated heterocycles. The standard InChI is InChI=1S/C21H28N4O4/c1-21(2,3)29-20(27)25-12-11-15-16(13-25)23-24-19(15)22-18(26)10-9-14-7-5-6-8-17(14)28-4/h5-8H,9-13H2,1-4H3,(H2,22,23,24,26). The Kier molecular flexibility index (Phi) is 6.10. The second-order valence-electron chi connectivity index (χ2n) is 8.04. The number of ether oxygens (including phenoxy) is 2. The summed E-state index contributed by atoms with van der Waals surface area (Å²) in [5, 5.41) is 10.1. The van der Waals surface area contributed by atoms with Crippen LogP contribution in [-0.2, 0) is 28.9 Å². The van der Waals surface area contributed by atoms with Crippen LogP contribution >= 0.6 is 0 Å². The lowest BCUT2D eigenvalue weighted by molar-refractivity contribution is -0.116. The zero-order valence-corrected chi connectivity index (χ0v) is 17.4. The molecule has 3 rings (SSSR count). The van der Waals surface area contributed by atoms with Crippen LogP contribution in [0.25, 0.3) is 0 Å². The number of fused-ring (bicyclic) bond motifs is 1. The molecule has 1 aromatic heterocycles. The van der Waals surface area contributed by atoms with Crippen LogP contribution < -0.4 is 10.1 Å². The Morgan fingerprint density at radius 3 is 2.76 bits per heavy atom. The molecule has 0 radical (unpaired) electrons. The highest BCUT2D eigenvalue weighted by Crippen LogP contribution is 2.25. The highest BCUT2D eigenvalue weighted by molar-refractivity contribution is 5.90. The molecule has 8 nitrogen and oxygen atoms in total. The molecule has 0 bridgehead atoms. The zero-order valence-electron chi connectivity index (χ0n) is 17.4. The minimum absolute atomic E-state index is 0.111. The van der Waals surface area contributed by atoms with E-state index < -0.39 is 5.60 Å². The summed E-state index contributed by atoms with van der Waals surface area (Å²) in [5.41, 5.74) is 2.21. The van der Waals surface area contributed by atoms with Crippen molar-refractivity contribution in [2.24, 2.45) is 0 Å². The number of benzene rings is 1. The topological polar surface area (TPSA) is 96.5 Å². The lowest BCUT2D eigenvalue weighted by Gasteiger charge is -2.29. The smallest absolute Gasteiger partial charge is 0.410 e. The minimum atomic E-state index is -0.536. The highest BCUT2D eigenvalue weighted by atomic mass is 16.6. The van der Waals surface area contributed by atoms with E-state index in [9.17, 15) is 9.59 Å². The summed E-state index contributed by atoms with van der Waals surface area (Å²) < 4.78 is 10.8. The minimum Gasteiger partial charge on any atom is -0.496 e. The number of amides is 2. The molecule has 0 atom stereocenters. The van der Waals surface area contributed by atoms with Gasteiger partial charge < -0.3 is 19.7 Å². The van der Waals surface area contributed by atoms with Crippen LogP contribution in [-0.4, -0.2) is 46.4 Å². The molecule has 0 fully saturated rings. The van der Waals surface area contributed by atoms with Crippen LogP contribution in [0.5, 0.6) is 5.75 Å². The Bertz CT molecular complexity index is 885. The van der Waals surface area contributed by atoms with Crippen LogP contribution in [0.15, 0.2) is 24.3 Å². The number of nitrogens with one attached hydrogen (secondary N) is 2. The predicted molar refractivity (Wildman–Crippen MR) is 109 cm³/mol. The second-order valence-corrected chi connectivity index (χ2v) is 8.04. The summed E-state index contributed by atoms with van der Waals surface area (Å²) >= 11 is 0. The Morgan fingerprint density at radius 1 is 1.28 bits per heavy atom. The van der Waals surface area contributed by atoms with E-state index in [2.05, 4.69) is 15.5 Å². The van der Waals surface area contributed by atoms with Gasteiger partial charge in [-0.25, -0.2) is 4.79 Å². The van der Waals surface area contributed by atoms with Crippen LogP contribution in [0.1, 0.15) is 44.0 Å². The van der Waals surface area contributed by atoms with Gasteiger partial charge in [0.25, 0.3) is 0 Å². The first kappa shape index (κ1) is 20.7. The molecule has 2 heterocycles. The first-order chi connectivity index (χ1) is 13.8. The molecule has 2 N–H and O–H groups in total. The second kappa shape index (κ2) is 8.55. The van der Waals surface area contributed by atoms with Crippen molar-refractivity contribution < 1.29 is 19.1 Å². The number of rotatable bonds is 5. The van der Waals surface area contributed by atoms with Crippen molar-refractivity contribution in [2.45, 2.75) is 52.2 Å². The number of carbonyl (C=O) groups excluding carboxylic acids is 2. The summed E-state index contributed by atoms with van der Waals surface area (Å²) in [6.45, 7) is 6.43. The van der Waals surface area contributed by atoms with Crippen molar-refractivity contribution >= 4 is 17.8 Å². The average Bonchev–Trinajstić information content (AvgIpc) is 3.07. The first-order valence-electron chi connectivity index (χ1n) is 9.72. The summed E-state index contributed by atoms with van der Waals surface area (Å²) in [7, 11) is 1.62. The van der Waals surface area contributed by atoms with Crippen LogP contribution in [0.2, 0.25) is 0 Å². The summed E-state index contributed by atoms with van der Waals surface area (Å²) in [5.74, 6) is 1.20. The maximum atomic E-state index is 12.4. The van der Waals surface area contributed by atoms with Crippen LogP contribution in [0.4, 0.5) is 10.6 Å². The van der Waals surface area contributed by atoms with Gasteiger partial charge in [0.05, 0.1) is 19.3 Å². The fourth-order valence-corrected chi connectivity index (χ4v) is 3.26.